The number of nitrogens with one attached hydrogen (secondary N) is 1. The van der Waals surface area contributed by atoms with Crippen molar-refractivity contribution in [1.29, 1.82) is 0 Å². The summed E-state index contributed by atoms with van der Waals surface area (Å²) in [6, 6.07) is 9.83. The van der Waals surface area contributed by atoms with E-state index in [1.54, 1.807) is 0 Å². The smallest absolute Gasteiger partial charge is 0.119 e. The Morgan fingerprint density at radius 3 is 2.47 bits per heavy atom. The van der Waals surface area contributed by atoms with Crippen molar-refractivity contribution in [2.45, 2.75) is 51.6 Å². The number of rotatable bonds is 4. The van der Waals surface area contributed by atoms with Crippen LogP contribution >= 0.6 is 0 Å². The van der Waals surface area contributed by atoms with Gasteiger partial charge in [0.15, 0.2) is 0 Å². The van der Waals surface area contributed by atoms with Crippen LogP contribution in [0.1, 0.15) is 45.1 Å². The lowest BCUT2D eigenvalue weighted by molar-refractivity contribution is 0.317. The highest BCUT2D eigenvalue weighted by Gasteiger charge is 2.28. The van der Waals surface area contributed by atoms with Gasteiger partial charge in [0.1, 0.15) is 5.75 Å². The summed E-state index contributed by atoms with van der Waals surface area (Å²) in [5, 5.41) is 3.58. The van der Waals surface area contributed by atoms with Gasteiger partial charge in [0.05, 0.1) is 6.61 Å². The van der Waals surface area contributed by atoms with Crippen molar-refractivity contribution >= 4 is 0 Å². The van der Waals surface area contributed by atoms with Crippen LogP contribution in [0.2, 0.25) is 0 Å². The summed E-state index contributed by atoms with van der Waals surface area (Å²) in [6.07, 6.45) is 2.29. The van der Waals surface area contributed by atoms with Gasteiger partial charge in [-0.15, -0.1) is 0 Å². The standard InChI is InChI=1S/C15H23NO/c1-4-9-17-14-7-5-13(6-8-14)15-10-11(2)16-12(15)3/h5-8,11-12,15-16H,4,9-10H2,1-3H3. The first-order valence-electron chi connectivity index (χ1n) is 6.69. The van der Waals surface area contributed by atoms with Crippen LogP contribution in [0, 0.1) is 0 Å². The van der Waals surface area contributed by atoms with Crippen molar-refractivity contribution in [2.75, 3.05) is 6.61 Å². The predicted molar refractivity (Wildman–Crippen MR) is 71.6 cm³/mol. The third-order valence-electron chi connectivity index (χ3n) is 3.54. The molecule has 1 aliphatic heterocycles. The molecule has 1 aromatic carbocycles. The Morgan fingerprint density at radius 1 is 1.24 bits per heavy atom. The summed E-state index contributed by atoms with van der Waals surface area (Å²) in [4.78, 5) is 0. The molecule has 1 heterocycles. The fraction of sp³-hybridized carbons (Fsp3) is 0.600. The molecule has 1 fully saturated rings. The molecule has 0 bridgehead atoms. The molecule has 0 spiro atoms. The topological polar surface area (TPSA) is 21.3 Å². The molecule has 2 rings (SSSR count). The van der Waals surface area contributed by atoms with Crippen molar-refractivity contribution < 1.29 is 4.74 Å². The van der Waals surface area contributed by atoms with Gasteiger partial charge in [0.2, 0.25) is 0 Å². The van der Waals surface area contributed by atoms with E-state index in [9.17, 15) is 0 Å². The van der Waals surface area contributed by atoms with Gasteiger partial charge in [0.25, 0.3) is 0 Å². The van der Waals surface area contributed by atoms with E-state index in [4.69, 9.17) is 4.74 Å². The molecule has 1 saturated heterocycles. The zero-order valence-corrected chi connectivity index (χ0v) is 11.1. The predicted octanol–water partition coefficient (Wildman–Crippen LogP) is 3.33. The van der Waals surface area contributed by atoms with Crippen molar-refractivity contribution in [3.05, 3.63) is 29.8 Å². The Bertz CT molecular complexity index is 346. The summed E-state index contributed by atoms with van der Waals surface area (Å²) in [7, 11) is 0. The van der Waals surface area contributed by atoms with E-state index < -0.39 is 0 Å². The van der Waals surface area contributed by atoms with E-state index >= 15 is 0 Å². The third kappa shape index (κ3) is 3.01. The van der Waals surface area contributed by atoms with Crippen molar-refractivity contribution in [2.24, 2.45) is 0 Å². The second-order valence-electron chi connectivity index (χ2n) is 5.12. The number of hydrogen-bond acceptors (Lipinski definition) is 2. The average molecular weight is 233 g/mol. The van der Waals surface area contributed by atoms with E-state index in [1.807, 2.05) is 0 Å². The zero-order chi connectivity index (χ0) is 12.3. The minimum atomic E-state index is 0.576. The highest BCUT2D eigenvalue weighted by Crippen LogP contribution is 2.31. The van der Waals surface area contributed by atoms with Crippen LogP contribution in [0.4, 0.5) is 0 Å². The third-order valence-corrected chi connectivity index (χ3v) is 3.54. The maximum absolute atomic E-state index is 5.61. The first-order chi connectivity index (χ1) is 8.20. The molecule has 0 radical (unpaired) electrons. The highest BCUT2D eigenvalue weighted by atomic mass is 16.5. The molecule has 0 aliphatic carbocycles. The molecule has 2 nitrogen and oxygen atoms in total. The van der Waals surface area contributed by atoms with Crippen LogP contribution in [0.3, 0.4) is 0 Å². The Kier molecular flexibility index (Phi) is 4.06. The van der Waals surface area contributed by atoms with Gasteiger partial charge in [-0.05, 0) is 44.4 Å². The van der Waals surface area contributed by atoms with E-state index in [1.165, 1.54) is 12.0 Å². The Morgan fingerprint density at radius 2 is 1.94 bits per heavy atom. The molecule has 0 saturated carbocycles. The normalized spacial score (nSPS) is 28.3. The summed E-state index contributed by atoms with van der Waals surface area (Å²) in [5.74, 6) is 1.63. The number of benzene rings is 1. The van der Waals surface area contributed by atoms with Crippen LogP contribution in [0.5, 0.6) is 5.75 Å². The van der Waals surface area contributed by atoms with Crippen LogP contribution in [-0.2, 0) is 0 Å². The molecule has 1 aliphatic rings. The van der Waals surface area contributed by atoms with Crippen molar-refractivity contribution in [3.8, 4) is 5.75 Å². The van der Waals surface area contributed by atoms with E-state index in [0.29, 0.717) is 18.0 Å². The summed E-state index contributed by atoms with van der Waals surface area (Å²) >= 11 is 0. The molecular formula is C15H23NO. The molecule has 3 atom stereocenters. The maximum atomic E-state index is 5.61. The summed E-state index contributed by atoms with van der Waals surface area (Å²) in [5.41, 5.74) is 1.43. The molecule has 1 aromatic rings. The Hall–Kier alpha value is -1.02. The molecule has 0 amide bonds. The molecule has 3 unspecified atom stereocenters. The van der Waals surface area contributed by atoms with Crippen molar-refractivity contribution in [3.63, 3.8) is 0 Å². The van der Waals surface area contributed by atoms with Crippen LogP contribution in [0.15, 0.2) is 24.3 Å². The first kappa shape index (κ1) is 12.4. The van der Waals surface area contributed by atoms with E-state index in [0.717, 1.165) is 18.8 Å². The van der Waals surface area contributed by atoms with Gasteiger partial charge in [-0.2, -0.15) is 0 Å². The number of ether oxygens (including phenoxy) is 1. The maximum Gasteiger partial charge on any atom is 0.119 e. The highest BCUT2D eigenvalue weighted by molar-refractivity contribution is 5.31. The van der Waals surface area contributed by atoms with Gasteiger partial charge < -0.3 is 10.1 Å². The molecular weight excluding hydrogens is 210 g/mol. The van der Waals surface area contributed by atoms with E-state index in [2.05, 4.69) is 50.4 Å². The largest absolute Gasteiger partial charge is 0.494 e. The summed E-state index contributed by atoms with van der Waals surface area (Å²) in [6.45, 7) is 7.46. The lowest BCUT2D eigenvalue weighted by atomic mass is 9.92. The quantitative estimate of drug-likeness (QED) is 0.861. The van der Waals surface area contributed by atoms with Crippen LogP contribution in [-0.4, -0.2) is 18.7 Å². The second kappa shape index (κ2) is 5.54. The van der Waals surface area contributed by atoms with Crippen LogP contribution in [0.25, 0.3) is 0 Å². The monoisotopic (exact) mass is 233 g/mol. The fourth-order valence-electron chi connectivity index (χ4n) is 2.67. The second-order valence-corrected chi connectivity index (χ2v) is 5.12. The lowest BCUT2D eigenvalue weighted by Gasteiger charge is -2.15. The van der Waals surface area contributed by atoms with Crippen molar-refractivity contribution in [1.82, 2.24) is 5.32 Å². The van der Waals surface area contributed by atoms with Gasteiger partial charge in [-0.1, -0.05) is 19.1 Å². The molecule has 0 aromatic heterocycles. The Labute approximate surface area is 104 Å². The molecule has 94 valence electrons. The van der Waals surface area contributed by atoms with E-state index in [-0.39, 0.29) is 0 Å². The molecule has 2 heteroatoms. The number of hydrogen-bond donors (Lipinski definition) is 1. The SMILES string of the molecule is CCCOc1ccc(C2CC(C)NC2C)cc1. The molecule has 1 N–H and O–H groups in total. The van der Waals surface area contributed by atoms with Gasteiger partial charge in [0, 0.05) is 18.0 Å². The van der Waals surface area contributed by atoms with Gasteiger partial charge in [-0.3, -0.25) is 0 Å². The minimum Gasteiger partial charge on any atom is -0.494 e. The summed E-state index contributed by atoms with van der Waals surface area (Å²) < 4.78 is 5.61. The average Bonchev–Trinajstić information content (AvgIpc) is 2.66. The lowest BCUT2D eigenvalue weighted by Crippen LogP contribution is -2.26. The molecule has 17 heavy (non-hydrogen) atoms. The minimum absolute atomic E-state index is 0.576. The van der Waals surface area contributed by atoms with Gasteiger partial charge >= 0.3 is 0 Å². The van der Waals surface area contributed by atoms with Crippen LogP contribution < -0.4 is 10.1 Å². The zero-order valence-electron chi connectivity index (χ0n) is 11.1. The fourth-order valence-corrected chi connectivity index (χ4v) is 2.67. The first-order valence-corrected chi connectivity index (χ1v) is 6.69. The van der Waals surface area contributed by atoms with Gasteiger partial charge in [-0.25, -0.2) is 0 Å². The Balaban J connectivity index is 2.02.